The number of hydrogen-bond donors (Lipinski definition) is 1. The lowest BCUT2D eigenvalue weighted by Gasteiger charge is -2.23. The third-order valence-electron chi connectivity index (χ3n) is 4.85. The first-order chi connectivity index (χ1) is 12.1. The molecular formula is C20H19NO3S. The third kappa shape index (κ3) is 2.46. The van der Waals surface area contributed by atoms with Gasteiger partial charge in [-0.15, -0.1) is 11.3 Å². The highest BCUT2D eigenvalue weighted by Gasteiger charge is 2.27. The van der Waals surface area contributed by atoms with E-state index in [9.17, 15) is 9.90 Å². The molecule has 1 N–H and O–H groups in total. The number of fused-ring (bicyclic) bond motifs is 3. The highest BCUT2D eigenvalue weighted by Crippen LogP contribution is 2.43. The van der Waals surface area contributed by atoms with E-state index in [0.717, 1.165) is 45.9 Å². The molecular weight excluding hydrogens is 334 g/mol. The van der Waals surface area contributed by atoms with Gasteiger partial charge in [0.1, 0.15) is 11.4 Å². The van der Waals surface area contributed by atoms with Gasteiger partial charge in [-0.3, -0.25) is 0 Å². The predicted molar refractivity (Wildman–Crippen MR) is 99.8 cm³/mol. The van der Waals surface area contributed by atoms with Crippen molar-refractivity contribution in [2.45, 2.75) is 26.3 Å². The van der Waals surface area contributed by atoms with Gasteiger partial charge in [0.2, 0.25) is 0 Å². The van der Waals surface area contributed by atoms with Crippen molar-refractivity contribution in [1.29, 1.82) is 0 Å². The Morgan fingerprint density at radius 1 is 1.32 bits per heavy atom. The van der Waals surface area contributed by atoms with Crippen LogP contribution in [0.1, 0.15) is 28.5 Å². The van der Waals surface area contributed by atoms with E-state index in [-0.39, 0.29) is 0 Å². The van der Waals surface area contributed by atoms with Crippen LogP contribution in [-0.2, 0) is 19.4 Å². The first kappa shape index (κ1) is 16.0. The molecule has 0 aliphatic carbocycles. The summed E-state index contributed by atoms with van der Waals surface area (Å²) in [7, 11) is 1.70. The zero-order valence-electron chi connectivity index (χ0n) is 14.2. The first-order valence-electron chi connectivity index (χ1n) is 8.34. The molecule has 0 unspecified atom stereocenters. The fourth-order valence-corrected chi connectivity index (χ4v) is 4.40. The van der Waals surface area contributed by atoms with Gasteiger partial charge in [-0.05, 0) is 53.6 Å². The molecule has 1 aliphatic rings. The number of aromatic carboxylic acids is 1. The lowest BCUT2D eigenvalue weighted by atomic mass is 9.92. The van der Waals surface area contributed by atoms with E-state index in [4.69, 9.17) is 4.74 Å². The van der Waals surface area contributed by atoms with E-state index in [1.807, 2.05) is 28.1 Å². The molecule has 0 spiro atoms. The zero-order chi connectivity index (χ0) is 17.6. The van der Waals surface area contributed by atoms with Crippen molar-refractivity contribution < 1.29 is 14.6 Å². The summed E-state index contributed by atoms with van der Waals surface area (Å²) in [4.78, 5) is 12.8. The van der Waals surface area contributed by atoms with E-state index in [2.05, 4.69) is 19.1 Å². The second-order valence-electron chi connectivity index (χ2n) is 6.15. The van der Waals surface area contributed by atoms with E-state index >= 15 is 0 Å². The standard InChI is InChI=1S/C20H19NO3S/c1-3-12-9-14-13(10-17(12)24-2)6-7-21-16(20(22)23)11-15(19(14)21)18-5-4-8-25-18/h4-5,8-11H,3,6-7H2,1-2H3,(H,22,23). The molecule has 5 heteroatoms. The van der Waals surface area contributed by atoms with Crippen molar-refractivity contribution in [2.24, 2.45) is 0 Å². The molecule has 0 atom stereocenters. The number of rotatable bonds is 4. The molecule has 25 heavy (non-hydrogen) atoms. The van der Waals surface area contributed by atoms with Gasteiger partial charge in [0.15, 0.2) is 0 Å². The molecule has 4 nitrogen and oxygen atoms in total. The summed E-state index contributed by atoms with van der Waals surface area (Å²) in [5.41, 5.74) is 5.86. The van der Waals surface area contributed by atoms with Crippen LogP contribution < -0.4 is 4.74 Å². The van der Waals surface area contributed by atoms with E-state index in [1.54, 1.807) is 18.4 Å². The van der Waals surface area contributed by atoms with Crippen LogP contribution in [0.2, 0.25) is 0 Å². The number of aryl methyl sites for hydroxylation is 2. The second kappa shape index (κ2) is 6.08. The largest absolute Gasteiger partial charge is 0.496 e. The molecule has 0 saturated heterocycles. The highest BCUT2D eigenvalue weighted by molar-refractivity contribution is 7.13. The third-order valence-corrected chi connectivity index (χ3v) is 5.75. The molecule has 0 fully saturated rings. The first-order valence-corrected chi connectivity index (χ1v) is 9.22. The van der Waals surface area contributed by atoms with E-state index in [1.165, 1.54) is 5.56 Å². The maximum atomic E-state index is 11.8. The summed E-state index contributed by atoms with van der Waals surface area (Å²) in [6.07, 6.45) is 1.68. The quantitative estimate of drug-likeness (QED) is 0.739. The van der Waals surface area contributed by atoms with Gasteiger partial charge in [-0.2, -0.15) is 0 Å². The van der Waals surface area contributed by atoms with Crippen LogP contribution in [0.5, 0.6) is 5.75 Å². The Kier molecular flexibility index (Phi) is 3.88. The number of carboxylic acid groups (broad SMARTS) is 1. The number of nitrogens with zero attached hydrogens (tertiary/aromatic N) is 1. The Hall–Kier alpha value is -2.53. The molecule has 128 valence electrons. The number of carboxylic acids is 1. The number of hydrogen-bond acceptors (Lipinski definition) is 3. The summed E-state index contributed by atoms with van der Waals surface area (Å²) in [6.45, 7) is 2.78. The Morgan fingerprint density at radius 2 is 2.16 bits per heavy atom. The molecule has 2 aromatic heterocycles. The number of ether oxygens (including phenoxy) is 1. The Labute approximate surface area is 150 Å². The SMILES string of the molecule is CCc1cc2c(cc1OC)CCn1c(C(=O)O)cc(-c3cccs3)c1-2. The molecule has 3 heterocycles. The minimum atomic E-state index is -0.878. The number of methoxy groups -OCH3 is 1. The van der Waals surface area contributed by atoms with Crippen molar-refractivity contribution in [3.63, 3.8) is 0 Å². The predicted octanol–water partition coefficient (Wildman–Crippen LogP) is 4.71. The van der Waals surface area contributed by atoms with Gasteiger partial charge in [-0.25, -0.2) is 4.79 Å². The van der Waals surface area contributed by atoms with Gasteiger partial charge >= 0.3 is 5.97 Å². The highest BCUT2D eigenvalue weighted by atomic mass is 32.1. The average Bonchev–Trinajstić information content (AvgIpc) is 3.27. The van der Waals surface area contributed by atoms with Gasteiger partial charge in [-0.1, -0.05) is 13.0 Å². The summed E-state index contributed by atoms with van der Waals surface area (Å²) < 4.78 is 7.49. The van der Waals surface area contributed by atoms with Crippen LogP contribution in [0.4, 0.5) is 0 Å². The maximum Gasteiger partial charge on any atom is 0.352 e. The summed E-state index contributed by atoms with van der Waals surface area (Å²) in [5, 5.41) is 11.7. The van der Waals surface area contributed by atoms with Gasteiger partial charge in [0.25, 0.3) is 0 Å². The van der Waals surface area contributed by atoms with Crippen molar-refractivity contribution in [3.05, 3.63) is 52.5 Å². The number of thiophene rings is 1. The topological polar surface area (TPSA) is 51.5 Å². The van der Waals surface area contributed by atoms with Crippen LogP contribution in [0.15, 0.2) is 35.7 Å². The molecule has 0 radical (unpaired) electrons. The summed E-state index contributed by atoms with van der Waals surface area (Å²) >= 11 is 1.64. The fourth-order valence-electron chi connectivity index (χ4n) is 3.66. The monoisotopic (exact) mass is 353 g/mol. The van der Waals surface area contributed by atoms with Crippen LogP contribution >= 0.6 is 11.3 Å². The van der Waals surface area contributed by atoms with Crippen molar-refractivity contribution in [1.82, 2.24) is 4.57 Å². The number of aromatic nitrogens is 1. The van der Waals surface area contributed by atoms with Crippen LogP contribution in [0.3, 0.4) is 0 Å². The Bertz CT molecular complexity index is 954. The molecule has 4 rings (SSSR count). The van der Waals surface area contributed by atoms with E-state index < -0.39 is 5.97 Å². The Balaban J connectivity index is 2.02. The summed E-state index contributed by atoms with van der Waals surface area (Å²) in [5.74, 6) is 0.0362. The van der Waals surface area contributed by atoms with Crippen molar-refractivity contribution in [3.8, 4) is 27.4 Å². The molecule has 0 saturated carbocycles. The van der Waals surface area contributed by atoms with Gasteiger partial charge in [0, 0.05) is 22.5 Å². The molecule has 0 bridgehead atoms. The number of benzene rings is 1. The molecule has 3 aromatic rings. The van der Waals surface area contributed by atoms with Gasteiger partial charge < -0.3 is 14.4 Å². The normalized spacial score (nSPS) is 12.6. The van der Waals surface area contributed by atoms with Crippen molar-refractivity contribution >= 4 is 17.3 Å². The molecule has 0 amide bonds. The van der Waals surface area contributed by atoms with Crippen LogP contribution in [-0.4, -0.2) is 22.8 Å². The smallest absolute Gasteiger partial charge is 0.352 e. The van der Waals surface area contributed by atoms with Crippen molar-refractivity contribution in [2.75, 3.05) is 7.11 Å². The fraction of sp³-hybridized carbons (Fsp3) is 0.250. The minimum Gasteiger partial charge on any atom is -0.496 e. The van der Waals surface area contributed by atoms with Crippen LogP contribution in [0.25, 0.3) is 21.7 Å². The van der Waals surface area contributed by atoms with Crippen LogP contribution in [0, 0.1) is 0 Å². The zero-order valence-corrected chi connectivity index (χ0v) is 15.0. The molecule has 1 aromatic carbocycles. The minimum absolute atomic E-state index is 0.359. The van der Waals surface area contributed by atoms with E-state index in [0.29, 0.717) is 12.2 Å². The van der Waals surface area contributed by atoms with Gasteiger partial charge in [0.05, 0.1) is 12.8 Å². The maximum absolute atomic E-state index is 11.8. The lowest BCUT2D eigenvalue weighted by molar-refractivity contribution is 0.0685. The number of carbonyl (C=O) groups is 1. The summed E-state index contributed by atoms with van der Waals surface area (Å²) in [6, 6.07) is 10.1. The molecule has 1 aliphatic heterocycles. The average molecular weight is 353 g/mol. The lowest BCUT2D eigenvalue weighted by Crippen LogP contribution is -2.16. The Morgan fingerprint density at radius 3 is 2.80 bits per heavy atom. The second-order valence-corrected chi connectivity index (χ2v) is 7.10.